The molecule has 0 saturated heterocycles. The molecule has 0 aliphatic heterocycles. The Hall–Kier alpha value is -3.15. The fourth-order valence-electron chi connectivity index (χ4n) is 3.21. The molecule has 4 rings (SSSR count). The summed E-state index contributed by atoms with van der Waals surface area (Å²) in [7, 11) is 0. The number of nitrogens with zero attached hydrogens (tertiary/aromatic N) is 3. The van der Waals surface area contributed by atoms with Crippen LogP contribution in [0, 0.1) is 0 Å². The van der Waals surface area contributed by atoms with Crippen LogP contribution in [-0.2, 0) is 19.4 Å². The molecule has 6 nitrogen and oxygen atoms in total. The van der Waals surface area contributed by atoms with Gasteiger partial charge in [-0.3, -0.25) is 10.3 Å². The van der Waals surface area contributed by atoms with Crippen LogP contribution in [0.2, 0.25) is 0 Å². The summed E-state index contributed by atoms with van der Waals surface area (Å²) in [6.45, 7) is 0.512. The normalized spacial score (nSPS) is 13.4. The van der Waals surface area contributed by atoms with E-state index in [4.69, 9.17) is 0 Å². The van der Waals surface area contributed by atoms with Crippen LogP contribution in [0.5, 0.6) is 0 Å². The van der Waals surface area contributed by atoms with Crippen molar-refractivity contribution in [2.24, 2.45) is 0 Å². The van der Waals surface area contributed by atoms with E-state index in [9.17, 15) is 4.79 Å². The van der Waals surface area contributed by atoms with E-state index in [2.05, 4.69) is 32.8 Å². The number of pyridine rings is 1. The number of hydrogen-bond acceptors (Lipinski definition) is 3. The fraction of sp³-hybridized carbons (Fsp3) is 0.211. The van der Waals surface area contributed by atoms with E-state index in [0.29, 0.717) is 12.4 Å². The number of anilines is 1. The lowest BCUT2D eigenvalue weighted by Crippen LogP contribution is -2.38. The van der Waals surface area contributed by atoms with Crippen molar-refractivity contribution in [3.63, 3.8) is 0 Å². The molecule has 3 aromatic rings. The highest BCUT2D eigenvalue weighted by Gasteiger charge is 2.22. The molecule has 126 valence electrons. The van der Waals surface area contributed by atoms with Crippen LogP contribution in [0.3, 0.4) is 0 Å². The molecule has 0 saturated carbocycles. The monoisotopic (exact) mass is 333 g/mol. The van der Waals surface area contributed by atoms with Gasteiger partial charge in [-0.25, -0.2) is 9.48 Å². The van der Waals surface area contributed by atoms with Gasteiger partial charge < -0.3 is 5.32 Å². The van der Waals surface area contributed by atoms with Gasteiger partial charge in [-0.1, -0.05) is 30.3 Å². The Morgan fingerprint density at radius 1 is 1.04 bits per heavy atom. The summed E-state index contributed by atoms with van der Waals surface area (Å²) in [6.07, 6.45) is 5.16. The molecule has 6 heteroatoms. The first-order chi connectivity index (χ1) is 12.3. The van der Waals surface area contributed by atoms with Gasteiger partial charge in [0.1, 0.15) is 5.82 Å². The highest BCUT2D eigenvalue weighted by molar-refractivity contribution is 5.88. The molecule has 25 heavy (non-hydrogen) atoms. The summed E-state index contributed by atoms with van der Waals surface area (Å²) < 4.78 is 1.73. The van der Waals surface area contributed by atoms with E-state index in [0.717, 1.165) is 18.5 Å². The van der Waals surface area contributed by atoms with Gasteiger partial charge in [0.2, 0.25) is 0 Å². The largest absolute Gasteiger partial charge is 0.334 e. The van der Waals surface area contributed by atoms with Crippen molar-refractivity contribution in [2.45, 2.75) is 25.4 Å². The number of carbonyl (C=O) groups excluding carboxylic acids is 1. The highest BCUT2D eigenvalue weighted by Crippen LogP contribution is 2.21. The van der Waals surface area contributed by atoms with Crippen molar-refractivity contribution in [3.8, 4) is 0 Å². The number of nitrogens with one attached hydrogen (secondary N) is 2. The summed E-state index contributed by atoms with van der Waals surface area (Å²) in [4.78, 5) is 16.6. The molecule has 1 aliphatic carbocycles. The molecular formula is C19H19N5O. The number of amides is 2. The molecule has 1 aliphatic rings. The summed E-state index contributed by atoms with van der Waals surface area (Å²) in [6, 6.07) is 15.8. The highest BCUT2D eigenvalue weighted by atomic mass is 16.2. The maximum Gasteiger partial charge on any atom is 0.320 e. The number of hydrogen-bond donors (Lipinski definition) is 2. The van der Waals surface area contributed by atoms with Gasteiger partial charge in [-0.15, -0.1) is 0 Å². The third kappa shape index (κ3) is 3.52. The summed E-state index contributed by atoms with van der Waals surface area (Å²) in [5.74, 6) is 0.652. The zero-order valence-electron chi connectivity index (χ0n) is 13.7. The molecule has 2 N–H and O–H groups in total. The number of benzene rings is 1. The van der Waals surface area contributed by atoms with Crippen molar-refractivity contribution in [1.29, 1.82) is 0 Å². The Bertz CT molecular complexity index is 849. The number of aromatic nitrogens is 3. The van der Waals surface area contributed by atoms with Crippen LogP contribution in [0.15, 0.2) is 60.9 Å². The second kappa shape index (κ2) is 6.76. The van der Waals surface area contributed by atoms with E-state index < -0.39 is 0 Å². The van der Waals surface area contributed by atoms with Gasteiger partial charge in [-0.2, -0.15) is 5.10 Å². The minimum absolute atomic E-state index is 0.129. The molecule has 0 unspecified atom stereocenters. The van der Waals surface area contributed by atoms with Crippen molar-refractivity contribution >= 4 is 11.8 Å². The van der Waals surface area contributed by atoms with Crippen molar-refractivity contribution in [3.05, 3.63) is 77.7 Å². The lowest BCUT2D eigenvalue weighted by molar-refractivity contribution is 0.248. The predicted octanol–water partition coefficient (Wildman–Crippen LogP) is 2.62. The lowest BCUT2D eigenvalue weighted by atomic mass is 10.1. The molecule has 2 aromatic heterocycles. The van der Waals surface area contributed by atoms with E-state index in [1.54, 1.807) is 23.1 Å². The second-order valence-electron chi connectivity index (χ2n) is 6.17. The Morgan fingerprint density at radius 3 is 2.52 bits per heavy atom. The predicted molar refractivity (Wildman–Crippen MR) is 95.4 cm³/mol. The third-order valence-corrected chi connectivity index (χ3v) is 4.38. The Morgan fingerprint density at radius 2 is 1.80 bits per heavy atom. The third-order valence-electron chi connectivity index (χ3n) is 4.38. The average Bonchev–Trinajstić information content (AvgIpc) is 3.22. The van der Waals surface area contributed by atoms with E-state index in [-0.39, 0.29) is 12.1 Å². The maximum absolute atomic E-state index is 12.3. The number of rotatable bonds is 4. The van der Waals surface area contributed by atoms with Gasteiger partial charge in [0.15, 0.2) is 0 Å². The van der Waals surface area contributed by atoms with Crippen molar-refractivity contribution < 1.29 is 4.79 Å². The lowest BCUT2D eigenvalue weighted by Gasteiger charge is -2.14. The summed E-state index contributed by atoms with van der Waals surface area (Å²) in [5.41, 5.74) is 3.52. The summed E-state index contributed by atoms with van der Waals surface area (Å²) >= 11 is 0. The minimum Gasteiger partial charge on any atom is -0.334 e. The Balaban J connectivity index is 1.37. The zero-order chi connectivity index (χ0) is 17.1. The molecule has 2 heterocycles. The molecule has 0 atom stereocenters. The molecule has 0 bridgehead atoms. The average molecular weight is 333 g/mol. The van der Waals surface area contributed by atoms with E-state index >= 15 is 0 Å². The van der Waals surface area contributed by atoms with Gasteiger partial charge in [0, 0.05) is 18.3 Å². The van der Waals surface area contributed by atoms with Crippen LogP contribution in [0.4, 0.5) is 10.6 Å². The molecule has 0 radical (unpaired) electrons. The van der Waals surface area contributed by atoms with Gasteiger partial charge in [0.05, 0.1) is 18.4 Å². The topological polar surface area (TPSA) is 71.8 Å². The van der Waals surface area contributed by atoms with Crippen LogP contribution in [0.1, 0.15) is 16.8 Å². The van der Waals surface area contributed by atoms with Gasteiger partial charge in [0.25, 0.3) is 0 Å². The minimum atomic E-state index is -0.208. The molecule has 0 fully saturated rings. The summed E-state index contributed by atoms with van der Waals surface area (Å²) in [5, 5.41) is 10.2. The van der Waals surface area contributed by atoms with E-state index in [1.165, 1.54) is 11.1 Å². The van der Waals surface area contributed by atoms with E-state index in [1.807, 2.05) is 30.3 Å². The van der Waals surface area contributed by atoms with Crippen LogP contribution >= 0.6 is 0 Å². The zero-order valence-corrected chi connectivity index (χ0v) is 13.7. The Labute approximate surface area is 145 Å². The number of fused-ring (bicyclic) bond motifs is 1. The first-order valence-corrected chi connectivity index (χ1v) is 8.34. The first kappa shape index (κ1) is 15.4. The van der Waals surface area contributed by atoms with Crippen LogP contribution in [0.25, 0.3) is 0 Å². The molecule has 2 amide bonds. The standard InChI is InChI=1S/C19H19N5O/c25-19(22-17-11-14-5-1-2-6-15(14)12-17)23-18-8-10-21-24(18)13-16-7-3-4-9-20-16/h1-10,17H,11-13H2,(H2,22,23,25). The fourth-order valence-corrected chi connectivity index (χ4v) is 3.21. The van der Waals surface area contributed by atoms with Gasteiger partial charge >= 0.3 is 6.03 Å². The smallest absolute Gasteiger partial charge is 0.320 e. The van der Waals surface area contributed by atoms with Crippen molar-refractivity contribution in [2.75, 3.05) is 5.32 Å². The number of carbonyl (C=O) groups is 1. The van der Waals surface area contributed by atoms with Crippen molar-refractivity contribution in [1.82, 2.24) is 20.1 Å². The number of urea groups is 1. The molecule has 0 spiro atoms. The van der Waals surface area contributed by atoms with Crippen LogP contribution in [-0.4, -0.2) is 26.8 Å². The molecule has 1 aromatic carbocycles. The second-order valence-corrected chi connectivity index (χ2v) is 6.17. The quantitative estimate of drug-likeness (QED) is 0.771. The van der Waals surface area contributed by atoms with Crippen LogP contribution < -0.4 is 10.6 Å². The van der Waals surface area contributed by atoms with Gasteiger partial charge in [-0.05, 0) is 36.1 Å². The maximum atomic E-state index is 12.3. The molecular weight excluding hydrogens is 314 g/mol. The SMILES string of the molecule is O=C(Nc1ccnn1Cc1ccccn1)NC1Cc2ccccc2C1. The first-order valence-electron chi connectivity index (χ1n) is 8.34. The Kier molecular flexibility index (Phi) is 4.16.